The van der Waals surface area contributed by atoms with Crippen LogP contribution in [0.5, 0.6) is 5.75 Å². The van der Waals surface area contributed by atoms with Crippen molar-refractivity contribution < 1.29 is 28.0 Å². The first kappa shape index (κ1) is 24.7. The van der Waals surface area contributed by atoms with Crippen molar-refractivity contribution in [2.45, 2.75) is 19.6 Å². The second-order valence-corrected chi connectivity index (χ2v) is 6.49. The van der Waals surface area contributed by atoms with Gasteiger partial charge in [-0.3, -0.25) is 0 Å². The number of halogens is 4. The van der Waals surface area contributed by atoms with Gasteiger partial charge in [-0.05, 0) is 46.5 Å². The SMILES string of the molecule is CCB(O)O.Cn1cncc1-c1ccc(OC(F)(F)F)cc1.Cn1cncc1Br. The minimum Gasteiger partial charge on any atom is -0.427 e. The van der Waals surface area contributed by atoms with E-state index >= 15 is 0 Å². The quantitative estimate of drug-likeness (QED) is 0.563. The third-order valence-electron chi connectivity index (χ3n) is 3.32. The Hall–Kier alpha value is -2.31. The molecule has 0 spiro atoms. The predicted molar refractivity (Wildman–Crippen MR) is 107 cm³/mol. The lowest BCUT2D eigenvalue weighted by atomic mass is 9.88. The van der Waals surface area contributed by atoms with Crippen LogP contribution in [0.15, 0.2) is 53.9 Å². The Labute approximate surface area is 175 Å². The second kappa shape index (κ2) is 11.6. The van der Waals surface area contributed by atoms with Gasteiger partial charge in [0, 0.05) is 19.7 Å². The van der Waals surface area contributed by atoms with E-state index in [0.717, 1.165) is 15.9 Å². The molecule has 0 atom stereocenters. The summed E-state index contributed by atoms with van der Waals surface area (Å²) in [6.07, 6.45) is 2.51. The van der Waals surface area contributed by atoms with Crippen molar-refractivity contribution in [2.75, 3.05) is 0 Å². The van der Waals surface area contributed by atoms with Crippen LogP contribution in [0, 0.1) is 0 Å². The maximum atomic E-state index is 11.9. The third kappa shape index (κ3) is 9.63. The molecule has 2 aromatic heterocycles. The zero-order valence-electron chi connectivity index (χ0n) is 16.0. The summed E-state index contributed by atoms with van der Waals surface area (Å²) >= 11 is 3.27. The summed E-state index contributed by atoms with van der Waals surface area (Å²) in [5, 5.41) is 15.8. The van der Waals surface area contributed by atoms with Gasteiger partial charge in [-0.1, -0.05) is 6.92 Å². The number of nitrogens with zero attached hydrogens (tertiary/aromatic N) is 4. The lowest BCUT2D eigenvalue weighted by Gasteiger charge is -2.09. The van der Waals surface area contributed by atoms with Crippen LogP contribution in [0.3, 0.4) is 0 Å². The van der Waals surface area contributed by atoms with Crippen LogP contribution in [0.2, 0.25) is 6.32 Å². The standard InChI is InChI=1S/C11H9F3N2O.C4H5BrN2.C2H7BO2/c1-16-7-15-6-10(16)8-2-4-9(5-3-8)17-11(12,13)14;1-7-3-6-2-4(7)5;1-2-3(4)5/h2-7H,1H3;2-3H,1H3;4-5H,2H2,1H3. The molecular weight excluding hydrogens is 456 g/mol. The van der Waals surface area contributed by atoms with Gasteiger partial charge in [0.05, 0.1) is 30.7 Å². The Morgan fingerprint density at radius 3 is 1.86 bits per heavy atom. The summed E-state index contributed by atoms with van der Waals surface area (Å²) < 4.78 is 44.3. The zero-order valence-corrected chi connectivity index (χ0v) is 17.6. The van der Waals surface area contributed by atoms with E-state index in [1.807, 2.05) is 18.7 Å². The van der Waals surface area contributed by atoms with Crippen molar-refractivity contribution in [2.24, 2.45) is 14.1 Å². The first-order valence-corrected chi connectivity index (χ1v) is 9.13. The number of hydrogen-bond acceptors (Lipinski definition) is 5. The molecule has 158 valence electrons. The number of alkyl halides is 3. The fraction of sp³-hybridized carbons (Fsp3) is 0.294. The number of benzene rings is 1. The van der Waals surface area contributed by atoms with Crippen LogP contribution in [0.4, 0.5) is 13.2 Å². The van der Waals surface area contributed by atoms with Crippen molar-refractivity contribution in [1.82, 2.24) is 19.1 Å². The number of imidazole rings is 2. The number of ether oxygens (including phenoxy) is 1. The van der Waals surface area contributed by atoms with Gasteiger partial charge < -0.3 is 23.9 Å². The van der Waals surface area contributed by atoms with Crippen molar-refractivity contribution in [1.29, 1.82) is 0 Å². The summed E-state index contributed by atoms with van der Waals surface area (Å²) in [6, 6.07) is 5.65. The van der Waals surface area contributed by atoms with E-state index in [9.17, 15) is 13.2 Å². The smallest absolute Gasteiger partial charge is 0.427 e. The molecule has 0 bridgehead atoms. The van der Waals surface area contributed by atoms with E-state index < -0.39 is 13.5 Å². The van der Waals surface area contributed by atoms with E-state index in [1.165, 1.54) is 12.1 Å². The molecule has 2 heterocycles. The van der Waals surface area contributed by atoms with E-state index in [4.69, 9.17) is 10.0 Å². The number of hydrogen-bond donors (Lipinski definition) is 2. The molecule has 0 unspecified atom stereocenters. The molecule has 0 aliphatic heterocycles. The average molecular weight is 477 g/mol. The van der Waals surface area contributed by atoms with Crippen molar-refractivity contribution in [3.8, 4) is 17.0 Å². The first-order chi connectivity index (χ1) is 13.5. The molecule has 0 radical (unpaired) electrons. The Balaban J connectivity index is 0.000000288. The Morgan fingerprint density at radius 2 is 1.55 bits per heavy atom. The highest BCUT2D eigenvalue weighted by atomic mass is 79.9. The molecule has 7 nitrogen and oxygen atoms in total. The summed E-state index contributed by atoms with van der Waals surface area (Å²) in [5.41, 5.74) is 1.60. The topological polar surface area (TPSA) is 85.3 Å². The van der Waals surface area contributed by atoms with Gasteiger partial charge >= 0.3 is 13.5 Å². The van der Waals surface area contributed by atoms with Crippen LogP contribution in [-0.2, 0) is 14.1 Å². The van der Waals surface area contributed by atoms with Gasteiger partial charge in [-0.25, -0.2) is 9.97 Å². The molecule has 3 aromatic rings. The van der Waals surface area contributed by atoms with Crippen LogP contribution in [0.25, 0.3) is 11.3 Å². The van der Waals surface area contributed by atoms with Gasteiger partial charge in [-0.2, -0.15) is 0 Å². The Bertz CT molecular complexity index is 838. The minimum atomic E-state index is -4.66. The van der Waals surface area contributed by atoms with Gasteiger partial charge in [-0.15, -0.1) is 13.2 Å². The second-order valence-electron chi connectivity index (χ2n) is 5.68. The molecule has 0 fully saturated rings. The van der Waals surface area contributed by atoms with E-state index in [1.54, 1.807) is 48.7 Å². The Kier molecular flexibility index (Phi) is 9.92. The molecule has 29 heavy (non-hydrogen) atoms. The van der Waals surface area contributed by atoms with Gasteiger partial charge in [0.1, 0.15) is 10.4 Å². The average Bonchev–Trinajstić information content (AvgIpc) is 3.23. The highest BCUT2D eigenvalue weighted by Gasteiger charge is 2.30. The molecular formula is C17H21BBrF3N4O3. The summed E-state index contributed by atoms with van der Waals surface area (Å²) in [4.78, 5) is 7.77. The van der Waals surface area contributed by atoms with E-state index in [-0.39, 0.29) is 5.75 Å². The van der Waals surface area contributed by atoms with Crippen LogP contribution >= 0.6 is 15.9 Å². The number of rotatable bonds is 3. The van der Waals surface area contributed by atoms with Gasteiger partial charge in [0.15, 0.2) is 0 Å². The molecule has 0 aliphatic carbocycles. The van der Waals surface area contributed by atoms with E-state index in [0.29, 0.717) is 6.32 Å². The fourth-order valence-corrected chi connectivity index (χ4v) is 2.01. The number of aryl methyl sites for hydroxylation is 2. The molecule has 2 N–H and O–H groups in total. The maximum Gasteiger partial charge on any atom is 0.573 e. The number of aromatic nitrogens is 4. The van der Waals surface area contributed by atoms with Gasteiger partial charge in [0.25, 0.3) is 0 Å². The highest BCUT2D eigenvalue weighted by Crippen LogP contribution is 2.25. The molecule has 1 aromatic carbocycles. The zero-order chi connectivity index (χ0) is 22.0. The lowest BCUT2D eigenvalue weighted by molar-refractivity contribution is -0.274. The fourth-order valence-electron chi connectivity index (χ4n) is 1.80. The predicted octanol–water partition coefficient (Wildman–Crippen LogP) is 3.65. The first-order valence-electron chi connectivity index (χ1n) is 8.34. The Morgan fingerprint density at radius 1 is 1.03 bits per heavy atom. The summed E-state index contributed by atoms with van der Waals surface area (Å²) in [7, 11) is 2.62. The highest BCUT2D eigenvalue weighted by molar-refractivity contribution is 9.10. The van der Waals surface area contributed by atoms with Crippen molar-refractivity contribution in [3.63, 3.8) is 0 Å². The molecule has 12 heteroatoms. The minimum absolute atomic E-state index is 0.233. The molecule has 3 rings (SSSR count). The molecule has 0 saturated carbocycles. The maximum absolute atomic E-state index is 11.9. The molecule has 0 aliphatic rings. The molecule has 0 saturated heterocycles. The normalized spacial score (nSPS) is 10.4. The summed E-state index contributed by atoms with van der Waals surface area (Å²) in [5.74, 6) is -0.233. The third-order valence-corrected chi connectivity index (χ3v) is 4.09. The van der Waals surface area contributed by atoms with Crippen LogP contribution in [0.1, 0.15) is 6.92 Å². The van der Waals surface area contributed by atoms with Gasteiger partial charge in [0.2, 0.25) is 0 Å². The van der Waals surface area contributed by atoms with E-state index in [2.05, 4.69) is 30.6 Å². The monoisotopic (exact) mass is 476 g/mol. The largest absolute Gasteiger partial charge is 0.573 e. The van der Waals surface area contributed by atoms with Crippen LogP contribution in [-0.4, -0.2) is 42.6 Å². The van der Waals surface area contributed by atoms with Crippen molar-refractivity contribution in [3.05, 3.63) is 53.9 Å². The molecule has 0 amide bonds. The van der Waals surface area contributed by atoms with Crippen LogP contribution < -0.4 is 4.74 Å². The van der Waals surface area contributed by atoms with Crippen molar-refractivity contribution >= 4 is 23.0 Å². The lowest BCUT2D eigenvalue weighted by Crippen LogP contribution is -2.16. The summed E-state index contributed by atoms with van der Waals surface area (Å²) in [6.45, 7) is 1.70.